The number of rotatable bonds is 8. The number of esters is 2. The monoisotopic (exact) mass is 394 g/mol. The molecule has 0 aromatic carbocycles. The number of hydrogen-bond acceptors (Lipinski definition) is 7. The lowest BCUT2D eigenvalue weighted by Crippen LogP contribution is -2.32. The summed E-state index contributed by atoms with van der Waals surface area (Å²) in [6, 6.07) is 1.56. The van der Waals surface area contributed by atoms with Crippen LogP contribution in [-0.2, 0) is 14.3 Å². The highest BCUT2D eigenvalue weighted by Crippen LogP contribution is 2.30. The summed E-state index contributed by atoms with van der Waals surface area (Å²) in [6.07, 6.45) is 7.21. The summed E-state index contributed by atoms with van der Waals surface area (Å²) < 4.78 is 15.8. The first-order valence-corrected chi connectivity index (χ1v) is 9.50. The van der Waals surface area contributed by atoms with Crippen LogP contribution in [0.1, 0.15) is 51.6 Å². The van der Waals surface area contributed by atoms with Crippen molar-refractivity contribution in [1.82, 2.24) is 10.3 Å². The van der Waals surface area contributed by atoms with Gasteiger partial charge in [-0.15, -0.1) is 0 Å². The normalized spacial score (nSPS) is 15.1. The van der Waals surface area contributed by atoms with E-state index in [1.165, 1.54) is 45.9 Å². The number of aromatic nitrogens is 1. The van der Waals surface area contributed by atoms with E-state index >= 15 is 0 Å². The standard InChI is InChI=1S/C19H26N2O5S/c1-12(10-14-6-4-5-7-14)25-16(23)11-21-19(27)17-18(26-13(2)22)15(24-3)8-9-20-17/h8-9,12,14H,4-7,10-11H2,1-3H3,(H,21,27). The fraction of sp³-hybridized carbons (Fsp3) is 0.579. The molecular formula is C19H26N2O5S. The van der Waals surface area contributed by atoms with Crippen molar-refractivity contribution < 1.29 is 23.8 Å². The van der Waals surface area contributed by atoms with Gasteiger partial charge in [0.05, 0.1) is 13.2 Å². The average molecular weight is 394 g/mol. The maximum absolute atomic E-state index is 12.1. The van der Waals surface area contributed by atoms with E-state index in [9.17, 15) is 9.59 Å². The van der Waals surface area contributed by atoms with Crippen LogP contribution in [0.5, 0.6) is 11.5 Å². The summed E-state index contributed by atoms with van der Waals surface area (Å²) >= 11 is 5.29. The first-order valence-electron chi connectivity index (χ1n) is 9.09. The van der Waals surface area contributed by atoms with Crippen LogP contribution in [0.15, 0.2) is 12.3 Å². The Kier molecular flexibility index (Phi) is 7.97. The summed E-state index contributed by atoms with van der Waals surface area (Å²) in [5.74, 6) is 0.180. The molecule has 27 heavy (non-hydrogen) atoms. The zero-order valence-corrected chi connectivity index (χ0v) is 16.8. The predicted octanol–water partition coefficient (Wildman–Crippen LogP) is 2.79. The SMILES string of the molecule is COc1ccnc(C(=S)NCC(=O)OC(C)CC2CCCC2)c1OC(C)=O. The van der Waals surface area contributed by atoms with E-state index in [1.54, 1.807) is 6.07 Å². The van der Waals surface area contributed by atoms with E-state index in [0.717, 1.165) is 6.42 Å². The Morgan fingerprint density at radius 1 is 1.37 bits per heavy atom. The topological polar surface area (TPSA) is 86.8 Å². The molecule has 0 saturated heterocycles. The minimum atomic E-state index is -0.523. The van der Waals surface area contributed by atoms with Gasteiger partial charge in [0.2, 0.25) is 5.75 Å². The Morgan fingerprint density at radius 2 is 2.07 bits per heavy atom. The molecule has 1 atom stereocenters. The van der Waals surface area contributed by atoms with Crippen LogP contribution in [0.4, 0.5) is 0 Å². The Labute approximate surface area is 164 Å². The van der Waals surface area contributed by atoms with E-state index < -0.39 is 5.97 Å². The molecule has 0 bridgehead atoms. The molecule has 148 valence electrons. The summed E-state index contributed by atoms with van der Waals surface area (Å²) in [5, 5.41) is 2.81. The van der Waals surface area contributed by atoms with E-state index in [0.29, 0.717) is 11.7 Å². The molecule has 0 aliphatic heterocycles. The largest absolute Gasteiger partial charge is 0.493 e. The molecule has 1 aromatic heterocycles. The minimum Gasteiger partial charge on any atom is -0.493 e. The van der Waals surface area contributed by atoms with Gasteiger partial charge < -0.3 is 19.5 Å². The second kappa shape index (κ2) is 10.2. The van der Waals surface area contributed by atoms with Gasteiger partial charge in [-0.25, -0.2) is 4.98 Å². The molecule has 1 N–H and O–H groups in total. The van der Waals surface area contributed by atoms with Crippen molar-refractivity contribution in [1.29, 1.82) is 0 Å². The van der Waals surface area contributed by atoms with Crippen LogP contribution in [0.25, 0.3) is 0 Å². The zero-order chi connectivity index (χ0) is 19.8. The molecule has 1 aromatic rings. The quantitative estimate of drug-likeness (QED) is 0.532. The highest BCUT2D eigenvalue weighted by atomic mass is 32.1. The van der Waals surface area contributed by atoms with Crippen molar-refractivity contribution in [3.05, 3.63) is 18.0 Å². The van der Waals surface area contributed by atoms with Crippen LogP contribution in [-0.4, -0.2) is 41.7 Å². The number of nitrogens with one attached hydrogen (secondary N) is 1. The number of nitrogens with zero attached hydrogens (tertiary/aromatic N) is 1. The molecule has 7 nitrogen and oxygen atoms in total. The van der Waals surface area contributed by atoms with E-state index in [4.69, 9.17) is 26.4 Å². The van der Waals surface area contributed by atoms with Gasteiger partial charge >= 0.3 is 11.9 Å². The molecule has 1 aliphatic rings. The third-order valence-electron chi connectivity index (χ3n) is 4.42. The molecular weight excluding hydrogens is 368 g/mol. The van der Waals surface area contributed by atoms with E-state index in [1.807, 2.05) is 6.92 Å². The fourth-order valence-corrected chi connectivity index (χ4v) is 3.48. The van der Waals surface area contributed by atoms with Gasteiger partial charge in [-0.2, -0.15) is 0 Å². The number of methoxy groups -OCH3 is 1. The number of pyridine rings is 1. The number of carbonyl (C=O) groups is 2. The van der Waals surface area contributed by atoms with Crippen LogP contribution >= 0.6 is 12.2 Å². The number of ether oxygens (including phenoxy) is 3. The highest BCUT2D eigenvalue weighted by Gasteiger charge is 2.21. The molecule has 1 heterocycles. The molecule has 1 aliphatic carbocycles. The Bertz CT molecular complexity index is 689. The van der Waals surface area contributed by atoms with Crippen molar-refractivity contribution in [3.63, 3.8) is 0 Å². The second-order valence-corrected chi connectivity index (χ2v) is 7.06. The maximum atomic E-state index is 12.1. The molecule has 2 rings (SSSR count). The van der Waals surface area contributed by atoms with E-state index in [2.05, 4.69) is 10.3 Å². The van der Waals surface area contributed by atoms with Crippen LogP contribution < -0.4 is 14.8 Å². The van der Waals surface area contributed by atoms with Crippen molar-refractivity contribution in [2.75, 3.05) is 13.7 Å². The highest BCUT2D eigenvalue weighted by molar-refractivity contribution is 7.80. The minimum absolute atomic E-state index is 0.0910. The zero-order valence-electron chi connectivity index (χ0n) is 15.9. The Morgan fingerprint density at radius 3 is 2.70 bits per heavy atom. The summed E-state index contributed by atoms with van der Waals surface area (Å²) in [5.41, 5.74) is 0.228. The van der Waals surface area contributed by atoms with Crippen LogP contribution in [0, 0.1) is 5.92 Å². The van der Waals surface area contributed by atoms with Gasteiger partial charge in [0.15, 0.2) is 5.75 Å². The molecule has 1 unspecified atom stereocenters. The summed E-state index contributed by atoms with van der Waals surface area (Å²) in [4.78, 5) is 27.7. The van der Waals surface area contributed by atoms with Gasteiger partial charge in [0, 0.05) is 19.2 Å². The van der Waals surface area contributed by atoms with Gasteiger partial charge in [0.1, 0.15) is 17.2 Å². The smallest absolute Gasteiger partial charge is 0.325 e. The predicted molar refractivity (Wildman–Crippen MR) is 104 cm³/mol. The summed E-state index contributed by atoms with van der Waals surface area (Å²) in [6.45, 7) is 3.10. The van der Waals surface area contributed by atoms with Gasteiger partial charge in [-0.1, -0.05) is 37.9 Å². The lowest BCUT2D eigenvalue weighted by atomic mass is 10.0. The maximum Gasteiger partial charge on any atom is 0.325 e. The van der Waals surface area contributed by atoms with Crippen LogP contribution in [0.2, 0.25) is 0 Å². The number of carbonyl (C=O) groups excluding carboxylic acids is 2. The molecule has 0 radical (unpaired) electrons. The molecule has 1 fully saturated rings. The van der Waals surface area contributed by atoms with Crippen molar-refractivity contribution in [2.24, 2.45) is 5.92 Å². The number of hydrogen-bond donors (Lipinski definition) is 1. The Hall–Kier alpha value is -2.22. The lowest BCUT2D eigenvalue weighted by Gasteiger charge is -2.18. The van der Waals surface area contributed by atoms with Crippen molar-refractivity contribution >= 4 is 29.1 Å². The van der Waals surface area contributed by atoms with Crippen LogP contribution in [0.3, 0.4) is 0 Å². The fourth-order valence-electron chi connectivity index (χ4n) is 3.26. The number of thiocarbonyl (C=S) groups is 1. The molecule has 0 spiro atoms. The van der Waals surface area contributed by atoms with E-state index in [-0.39, 0.29) is 35.0 Å². The van der Waals surface area contributed by atoms with Gasteiger partial charge in [-0.3, -0.25) is 9.59 Å². The third kappa shape index (κ3) is 6.46. The first-order chi connectivity index (χ1) is 12.9. The second-order valence-electron chi connectivity index (χ2n) is 6.65. The lowest BCUT2D eigenvalue weighted by molar-refractivity contribution is -0.147. The molecule has 1 saturated carbocycles. The van der Waals surface area contributed by atoms with Crippen molar-refractivity contribution in [2.45, 2.75) is 52.1 Å². The molecule has 8 heteroatoms. The average Bonchev–Trinajstić information content (AvgIpc) is 3.12. The molecule has 0 amide bonds. The first kappa shape index (κ1) is 21.1. The van der Waals surface area contributed by atoms with Crippen molar-refractivity contribution in [3.8, 4) is 11.5 Å². The van der Waals surface area contributed by atoms with Gasteiger partial charge in [0.25, 0.3) is 0 Å². The van der Waals surface area contributed by atoms with Gasteiger partial charge in [-0.05, 0) is 19.3 Å². The Balaban J connectivity index is 1.90. The summed E-state index contributed by atoms with van der Waals surface area (Å²) in [7, 11) is 1.45. The third-order valence-corrected chi connectivity index (χ3v) is 4.75.